The molecule has 1 aromatic carbocycles. The molecule has 1 N–H and O–H groups in total. The third-order valence-electron chi connectivity index (χ3n) is 3.92. The summed E-state index contributed by atoms with van der Waals surface area (Å²) in [6.07, 6.45) is 0. The molecule has 26 heavy (non-hydrogen) atoms. The molecule has 0 aliphatic carbocycles. The summed E-state index contributed by atoms with van der Waals surface area (Å²) in [6.45, 7) is 5.76. The van der Waals surface area contributed by atoms with Crippen LogP contribution in [0, 0.1) is 16.7 Å². The number of para-hydroxylation sites is 2. The summed E-state index contributed by atoms with van der Waals surface area (Å²) in [5.41, 5.74) is 1.58. The van der Waals surface area contributed by atoms with Crippen LogP contribution in [0.4, 0.5) is 5.82 Å². The molecular formula is C19H25N5O2. The summed E-state index contributed by atoms with van der Waals surface area (Å²) >= 11 is 0. The first kappa shape index (κ1) is 19.6. The van der Waals surface area contributed by atoms with E-state index < -0.39 is 11.9 Å². The maximum Gasteiger partial charge on any atom is 0.329 e. The highest BCUT2D eigenvalue weighted by Crippen LogP contribution is 2.26. The molecule has 0 spiro atoms. The molecule has 0 fully saturated rings. The van der Waals surface area contributed by atoms with E-state index in [0.29, 0.717) is 29.1 Å². The van der Waals surface area contributed by atoms with Gasteiger partial charge in [-0.25, -0.2) is 9.97 Å². The molecule has 2 rings (SSSR count). The number of esters is 1. The Balaban J connectivity index is 2.44. The highest BCUT2D eigenvalue weighted by molar-refractivity contribution is 5.84. The van der Waals surface area contributed by atoms with Gasteiger partial charge in [-0.05, 0) is 31.6 Å². The predicted molar refractivity (Wildman–Crippen MR) is 101 cm³/mol. The molecule has 0 saturated heterocycles. The summed E-state index contributed by atoms with van der Waals surface area (Å²) in [5, 5.41) is 12.8. The van der Waals surface area contributed by atoms with Gasteiger partial charge < -0.3 is 15.0 Å². The van der Waals surface area contributed by atoms with Gasteiger partial charge in [0.2, 0.25) is 0 Å². The third-order valence-corrected chi connectivity index (χ3v) is 3.92. The van der Waals surface area contributed by atoms with Gasteiger partial charge in [-0.15, -0.1) is 0 Å². The summed E-state index contributed by atoms with van der Waals surface area (Å²) in [5.74, 6) is -1.34. The molecule has 1 heterocycles. The zero-order valence-corrected chi connectivity index (χ0v) is 15.9. The van der Waals surface area contributed by atoms with Gasteiger partial charge in [0.25, 0.3) is 0 Å². The largest absolute Gasteiger partial charge is 0.468 e. The van der Waals surface area contributed by atoms with Crippen molar-refractivity contribution in [3.8, 4) is 6.07 Å². The Bertz CT molecular complexity index is 826. The van der Waals surface area contributed by atoms with Crippen LogP contribution in [0.15, 0.2) is 24.3 Å². The normalized spacial score (nSPS) is 12.7. The van der Waals surface area contributed by atoms with Crippen molar-refractivity contribution in [1.29, 1.82) is 5.26 Å². The van der Waals surface area contributed by atoms with Gasteiger partial charge in [-0.3, -0.25) is 4.79 Å². The van der Waals surface area contributed by atoms with Crippen molar-refractivity contribution >= 4 is 22.8 Å². The number of rotatable bonds is 7. The van der Waals surface area contributed by atoms with Gasteiger partial charge in [0.15, 0.2) is 11.7 Å². The number of fused-ring (bicyclic) bond motifs is 1. The number of hydrogen-bond donors (Lipinski definition) is 1. The number of nitrogens with one attached hydrogen (secondary N) is 1. The third kappa shape index (κ3) is 4.67. The maximum atomic E-state index is 12.0. The molecule has 0 amide bonds. The minimum Gasteiger partial charge on any atom is -0.468 e. The van der Waals surface area contributed by atoms with Crippen molar-refractivity contribution in [3.05, 3.63) is 30.0 Å². The van der Waals surface area contributed by atoms with E-state index in [4.69, 9.17) is 4.74 Å². The molecule has 1 atom stereocenters. The Morgan fingerprint density at radius 2 is 1.92 bits per heavy atom. The molecule has 0 aliphatic heterocycles. The van der Waals surface area contributed by atoms with Crippen molar-refractivity contribution in [2.75, 3.05) is 39.6 Å². The second-order valence-electron chi connectivity index (χ2n) is 7.29. The fraction of sp³-hybridized carbons (Fsp3) is 0.474. The monoisotopic (exact) mass is 355 g/mol. The van der Waals surface area contributed by atoms with Crippen molar-refractivity contribution in [3.63, 3.8) is 0 Å². The van der Waals surface area contributed by atoms with E-state index in [0.717, 1.165) is 6.54 Å². The van der Waals surface area contributed by atoms with Gasteiger partial charge in [0.05, 0.1) is 24.2 Å². The van der Waals surface area contributed by atoms with Crippen LogP contribution in [0.5, 0.6) is 0 Å². The Morgan fingerprint density at radius 3 is 2.46 bits per heavy atom. The summed E-state index contributed by atoms with van der Waals surface area (Å²) in [6, 6.07) is 9.34. The van der Waals surface area contributed by atoms with E-state index in [9.17, 15) is 10.1 Å². The number of carbonyl (C=O) groups excluding carboxylic acids is 1. The number of carbonyl (C=O) groups is 1. The number of nitrogens with zero attached hydrogens (tertiary/aromatic N) is 4. The molecule has 0 bridgehead atoms. The second-order valence-corrected chi connectivity index (χ2v) is 7.29. The minimum absolute atomic E-state index is 0.0402. The van der Waals surface area contributed by atoms with Crippen molar-refractivity contribution in [2.24, 2.45) is 5.41 Å². The summed E-state index contributed by atoms with van der Waals surface area (Å²) in [7, 11) is 5.30. The molecule has 0 aliphatic rings. The van der Waals surface area contributed by atoms with Gasteiger partial charge in [-0.2, -0.15) is 5.26 Å². The first-order valence-electron chi connectivity index (χ1n) is 8.40. The molecule has 1 aromatic heterocycles. The lowest BCUT2D eigenvalue weighted by Gasteiger charge is -2.29. The van der Waals surface area contributed by atoms with E-state index in [2.05, 4.69) is 34.0 Å². The zero-order valence-electron chi connectivity index (χ0n) is 15.9. The Labute approximate surface area is 154 Å². The lowest BCUT2D eigenvalue weighted by Crippen LogP contribution is -2.35. The number of methoxy groups -OCH3 is 1. The Morgan fingerprint density at radius 1 is 1.31 bits per heavy atom. The molecule has 138 valence electrons. The average molecular weight is 355 g/mol. The fourth-order valence-corrected chi connectivity index (χ4v) is 2.92. The van der Waals surface area contributed by atoms with E-state index in [1.165, 1.54) is 7.11 Å². The topological polar surface area (TPSA) is 91.1 Å². The maximum absolute atomic E-state index is 12.0. The van der Waals surface area contributed by atoms with E-state index >= 15 is 0 Å². The van der Waals surface area contributed by atoms with Crippen LogP contribution in [0.3, 0.4) is 0 Å². The van der Waals surface area contributed by atoms with Gasteiger partial charge in [0.1, 0.15) is 5.69 Å². The summed E-state index contributed by atoms with van der Waals surface area (Å²) in [4.78, 5) is 23.3. The number of benzene rings is 1. The van der Waals surface area contributed by atoms with Gasteiger partial charge >= 0.3 is 5.97 Å². The molecule has 2 aromatic rings. The van der Waals surface area contributed by atoms with Crippen LogP contribution in [0.2, 0.25) is 0 Å². The summed E-state index contributed by atoms with van der Waals surface area (Å²) < 4.78 is 4.76. The van der Waals surface area contributed by atoms with Crippen molar-refractivity contribution in [2.45, 2.75) is 19.8 Å². The number of anilines is 1. The number of aromatic nitrogens is 2. The Hall–Kier alpha value is -2.72. The minimum atomic E-state index is -1.13. The molecule has 0 radical (unpaired) electrons. The fourth-order valence-electron chi connectivity index (χ4n) is 2.92. The van der Waals surface area contributed by atoms with Crippen molar-refractivity contribution in [1.82, 2.24) is 14.9 Å². The van der Waals surface area contributed by atoms with Crippen LogP contribution in [0.1, 0.15) is 25.5 Å². The standard InChI is InChI=1S/C19H25N5O2/c1-19(2,12-24(3)4)11-21-17-16(13(10-20)18(25)26-5)22-14-8-6-7-9-15(14)23-17/h6-9,13H,11-12H2,1-5H3,(H,21,23). The van der Waals surface area contributed by atoms with Crippen LogP contribution in [-0.2, 0) is 9.53 Å². The first-order valence-corrected chi connectivity index (χ1v) is 8.40. The van der Waals surface area contributed by atoms with E-state index in [1.807, 2.05) is 38.4 Å². The van der Waals surface area contributed by atoms with Gasteiger partial charge in [0, 0.05) is 13.1 Å². The molecule has 7 nitrogen and oxygen atoms in total. The van der Waals surface area contributed by atoms with E-state index in [-0.39, 0.29) is 5.41 Å². The Kier molecular flexibility index (Phi) is 6.11. The predicted octanol–water partition coefficient (Wildman–Crippen LogP) is 2.41. The molecular weight excluding hydrogens is 330 g/mol. The average Bonchev–Trinajstić information content (AvgIpc) is 2.59. The van der Waals surface area contributed by atoms with Crippen LogP contribution in [0.25, 0.3) is 11.0 Å². The molecule has 7 heteroatoms. The SMILES string of the molecule is COC(=O)C(C#N)c1nc2ccccc2nc1NCC(C)(C)CN(C)C. The van der Waals surface area contributed by atoms with Crippen LogP contribution in [-0.4, -0.2) is 55.1 Å². The molecule has 0 saturated carbocycles. The number of hydrogen-bond acceptors (Lipinski definition) is 7. The van der Waals surface area contributed by atoms with E-state index in [1.54, 1.807) is 6.07 Å². The second kappa shape index (κ2) is 8.11. The highest BCUT2D eigenvalue weighted by atomic mass is 16.5. The lowest BCUT2D eigenvalue weighted by molar-refractivity contribution is -0.141. The highest BCUT2D eigenvalue weighted by Gasteiger charge is 2.28. The zero-order chi connectivity index (χ0) is 19.3. The van der Waals surface area contributed by atoms with Crippen LogP contribution < -0.4 is 5.32 Å². The quantitative estimate of drug-likeness (QED) is 0.763. The van der Waals surface area contributed by atoms with Gasteiger partial charge in [-0.1, -0.05) is 26.0 Å². The first-order chi connectivity index (χ1) is 12.3. The molecule has 1 unspecified atom stereocenters. The number of nitriles is 1. The van der Waals surface area contributed by atoms with Crippen molar-refractivity contribution < 1.29 is 9.53 Å². The van der Waals surface area contributed by atoms with Crippen LogP contribution >= 0.6 is 0 Å². The lowest BCUT2D eigenvalue weighted by atomic mass is 9.93. The smallest absolute Gasteiger partial charge is 0.329 e. The number of ether oxygens (including phenoxy) is 1.